The number of carbonyl (C=O) groups excluding carboxylic acids is 1. The number of hydrogen-bond donors (Lipinski definition) is 3. The van der Waals surface area contributed by atoms with Gasteiger partial charge in [0.2, 0.25) is 0 Å². The van der Waals surface area contributed by atoms with Gasteiger partial charge < -0.3 is 20.4 Å². The molecule has 0 atom stereocenters. The number of methoxy groups -OCH3 is 1. The smallest absolute Gasteiger partial charge is 0.255 e. The lowest BCUT2D eigenvalue weighted by Crippen LogP contribution is -2.31. The Morgan fingerprint density at radius 1 is 1.23 bits per heavy atom. The van der Waals surface area contributed by atoms with Crippen LogP contribution in [-0.4, -0.2) is 39.5 Å². The molecule has 4 aromatic rings. The van der Waals surface area contributed by atoms with E-state index in [4.69, 9.17) is 16.3 Å². The van der Waals surface area contributed by atoms with Crippen molar-refractivity contribution in [3.05, 3.63) is 58.8 Å². The van der Waals surface area contributed by atoms with Crippen molar-refractivity contribution in [3.63, 3.8) is 0 Å². The van der Waals surface area contributed by atoms with Crippen molar-refractivity contribution in [2.24, 2.45) is 0 Å². The van der Waals surface area contributed by atoms with Crippen molar-refractivity contribution in [2.75, 3.05) is 19.0 Å². The van der Waals surface area contributed by atoms with Crippen molar-refractivity contribution in [1.82, 2.24) is 25.3 Å². The molecule has 4 heterocycles. The standard InChI is InChI=1S/C22H19ClN6O2/c1-11-26-10-16-18(27-11)12(6-8-24-16)19-20(17-14(28-19)7-9-25-22(17)30)29-15-5-3-4-13(23)21(15)31-2/h3-6,8,10,28-29H,7,9H2,1-2H3,(H,25,30). The molecule has 1 aliphatic heterocycles. The average molecular weight is 435 g/mol. The molecule has 5 rings (SSSR count). The van der Waals surface area contributed by atoms with Gasteiger partial charge in [-0.25, -0.2) is 9.97 Å². The second-order valence-electron chi connectivity index (χ2n) is 7.19. The number of benzene rings is 1. The zero-order chi connectivity index (χ0) is 21.5. The van der Waals surface area contributed by atoms with Gasteiger partial charge in [-0.2, -0.15) is 0 Å². The molecule has 0 spiro atoms. The Labute approximate surface area is 183 Å². The molecule has 8 nitrogen and oxygen atoms in total. The van der Waals surface area contributed by atoms with Gasteiger partial charge in [-0.1, -0.05) is 17.7 Å². The molecular weight excluding hydrogens is 416 g/mol. The first-order valence-corrected chi connectivity index (χ1v) is 10.2. The number of amides is 1. The lowest BCUT2D eigenvalue weighted by molar-refractivity contribution is 0.0947. The quantitative estimate of drug-likeness (QED) is 0.448. The molecule has 1 aromatic carbocycles. The Balaban J connectivity index is 1.76. The number of aryl methyl sites for hydroxylation is 1. The SMILES string of the molecule is COc1c(Cl)cccc1Nc1c(-c2ccnc3cnc(C)nc23)[nH]c2c1C(=O)NCC2. The second kappa shape index (κ2) is 7.55. The van der Waals surface area contributed by atoms with Crippen molar-refractivity contribution < 1.29 is 9.53 Å². The lowest BCUT2D eigenvalue weighted by Gasteiger charge is -2.17. The molecule has 9 heteroatoms. The third-order valence-electron chi connectivity index (χ3n) is 5.27. The molecule has 156 valence electrons. The second-order valence-corrected chi connectivity index (χ2v) is 7.60. The van der Waals surface area contributed by atoms with Crippen molar-refractivity contribution in [1.29, 1.82) is 0 Å². The fourth-order valence-corrected chi connectivity index (χ4v) is 4.14. The lowest BCUT2D eigenvalue weighted by atomic mass is 10.0. The Morgan fingerprint density at radius 2 is 2.10 bits per heavy atom. The van der Waals surface area contributed by atoms with E-state index in [9.17, 15) is 4.79 Å². The third-order valence-corrected chi connectivity index (χ3v) is 5.56. The van der Waals surface area contributed by atoms with Gasteiger partial charge in [-0.3, -0.25) is 9.78 Å². The summed E-state index contributed by atoms with van der Waals surface area (Å²) in [4.78, 5) is 29.5. The van der Waals surface area contributed by atoms with E-state index in [0.717, 1.165) is 17.0 Å². The first-order valence-electron chi connectivity index (χ1n) is 9.78. The maximum Gasteiger partial charge on any atom is 0.255 e. The molecule has 1 aliphatic rings. The topological polar surface area (TPSA) is 105 Å². The van der Waals surface area contributed by atoms with Gasteiger partial charge in [-0.15, -0.1) is 0 Å². The third kappa shape index (κ3) is 3.25. The molecule has 1 amide bonds. The fourth-order valence-electron chi connectivity index (χ4n) is 3.88. The average Bonchev–Trinajstić information content (AvgIpc) is 3.13. The molecule has 3 N–H and O–H groups in total. The van der Waals surface area contributed by atoms with E-state index in [1.807, 2.05) is 25.1 Å². The summed E-state index contributed by atoms with van der Waals surface area (Å²) in [5.41, 5.74) is 5.66. The fraction of sp³-hybridized carbons (Fsp3) is 0.182. The van der Waals surface area contributed by atoms with Crippen LogP contribution in [0, 0.1) is 6.92 Å². The highest BCUT2D eigenvalue weighted by Crippen LogP contribution is 2.41. The molecule has 0 fully saturated rings. The maximum absolute atomic E-state index is 12.8. The summed E-state index contributed by atoms with van der Waals surface area (Å²) in [5.74, 6) is 0.997. The van der Waals surface area contributed by atoms with E-state index >= 15 is 0 Å². The summed E-state index contributed by atoms with van der Waals surface area (Å²) in [6, 6.07) is 7.31. The zero-order valence-corrected chi connectivity index (χ0v) is 17.7. The van der Waals surface area contributed by atoms with Gasteiger partial charge >= 0.3 is 0 Å². The highest BCUT2D eigenvalue weighted by molar-refractivity contribution is 6.32. The minimum atomic E-state index is -0.142. The van der Waals surface area contributed by atoms with E-state index in [1.165, 1.54) is 0 Å². The number of H-pyrrole nitrogens is 1. The summed E-state index contributed by atoms with van der Waals surface area (Å²) in [5, 5.41) is 6.78. The Bertz CT molecular complexity index is 1330. The maximum atomic E-state index is 12.8. The number of rotatable bonds is 4. The van der Waals surface area contributed by atoms with Gasteiger partial charge in [0.15, 0.2) is 5.75 Å². The Kier molecular flexibility index (Phi) is 4.71. The van der Waals surface area contributed by atoms with Crippen LogP contribution < -0.4 is 15.4 Å². The summed E-state index contributed by atoms with van der Waals surface area (Å²) in [6.45, 7) is 2.41. The number of anilines is 2. The van der Waals surface area contributed by atoms with Crippen LogP contribution in [0.1, 0.15) is 21.9 Å². The number of nitrogens with zero attached hydrogens (tertiary/aromatic N) is 3. The van der Waals surface area contributed by atoms with E-state index in [0.29, 0.717) is 57.5 Å². The number of ether oxygens (including phenoxy) is 1. The van der Waals surface area contributed by atoms with Crippen molar-refractivity contribution >= 4 is 39.9 Å². The van der Waals surface area contributed by atoms with E-state index in [2.05, 4.69) is 30.6 Å². The summed E-state index contributed by atoms with van der Waals surface area (Å²) in [7, 11) is 1.56. The number of aromatic amines is 1. The summed E-state index contributed by atoms with van der Waals surface area (Å²) >= 11 is 6.32. The van der Waals surface area contributed by atoms with Gasteiger partial charge in [-0.05, 0) is 25.1 Å². The zero-order valence-electron chi connectivity index (χ0n) is 16.9. The van der Waals surface area contributed by atoms with Crippen LogP contribution in [0.15, 0.2) is 36.7 Å². The molecule has 0 bridgehead atoms. The van der Waals surface area contributed by atoms with Gasteiger partial charge in [0.1, 0.15) is 16.9 Å². The number of nitrogens with one attached hydrogen (secondary N) is 3. The van der Waals surface area contributed by atoms with E-state index in [1.54, 1.807) is 25.6 Å². The van der Waals surface area contributed by atoms with Crippen LogP contribution in [0.3, 0.4) is 0 Å². The first kappa shape index (κ1) is 19.3. The van der Waals surface area contributed by atoms with Crippen molar-refractivity contribution in [3.8, 4) is 17.0 Å². The molecule has 0 saturated carbocycles. The predicted octanol–water partition coefficient (Wildman–Crippen LogP) is 4.02. The van der Waals surface area contributed by atoms with Crippen LogP contribution >= 0.6 is 11.6 Å². The molecule has 0 saturated heterocycles. The number of aromatic nitrogens is 4. The Morgan fingerprint density at radius 3 is 2.94 bits per heavy atom. The minimum absolute atomic E-state index is 0.142. The van der Waals surface area contributed by atoms with Crippen LogP contribution in [-0.2, 0) is 6.42 Å². The number of halogens is 1. The predicted molar refractivity (Wildman–Crippen MR) is 119 cm³/mol. The van der Waals surface area contributed by atoms with Crippen LogP contribution in [0.4, 0.5) is 11.4 Å². The Hall–Kier alpha value is -3.65. The molecule has 3 aromatic heterocycles. The van der Waals surface area contributed by atoms with Gasteiger partial charge in [0.25, 0.3) is 5.91 Å². The molecular formula is C22H19ClN6O2. The van der Waals surface area contributed by atoms with Crippen molar-refractivity contribution in [2.45, 2.75) is 13.3 Å². The number of pyridine rings is 1. The van der Waals surface area contributed by atoms with E-state index in [-0.39, 0.29) is 5.91 Å². The highest BCUT2D eigenvalue weighted by atomic mass is 35.5. The summed E-state index contributed by atoms with van der Waals surface area (Å²) in [6.07, 6.45) is 4.10. The number of hydrogen-bond acceptors (Lipinski definition) is 6. The van der Waals surface area contributed by atoms with Crippen LogP contribution in [0.5, 0.6) is 5.75 Å². The van der Waals surface area contributed by atoms with Gasteiger partial charge in [0.05, 0.1) is 41.0 Å². The molecule has 31 heavy (non-hydrogen) atoms. The number of carbonyl (C=O) groups is 1. The monoisotopic (exact) mass is 434 g/mol. The highest BCUT2D eigenvalue weighted by Gasteiger charge is 2.28. The largest absolute Gasteiger partial charge is 0.493 e. The summed E-state index contributed by atoms with van der Waals surface area (Å²) < 4.78 is 5.49. The number of para-hydroxylation sites is 1. The number of fused-ring (bicyclic) bond motifs is 2. The van der Waals surface area contributed by atoms with Crippen LogP contribution in [0.2, 0.25) is 5.02 Å². The minimum Gasteiger partial charge on any atom is -0.493 e. The first-order chi connectivity index (χ1) is 15.1. The molecule has 0 radical (unpaired) electrons. The van der Waals surface area contributed by atoms with Crippen LogP contribution in [0.25, 0.3) is 22.3 Å². The van der Waals surface area contributed by atoms with E-state index < -0.39 is 0 Å². The normalized spacial score (nSPS) is 13.1. The molecule has 0 unspecified atom stereocenters. The van der Waals surface area contributed by atoms with Gasteiger partial charge in [0, 0.05) is 30.4 Å². The molecule has 0 aliphatic carbocycles.